The third-order valence-corrected chi connectivity index (χ3v) is 5.88. The van der Waals surface area contributed by atoms with Gasteiger partial charge in [-0.3, -0.25) is 14.2 Å². The number of aliphatic hydroxyl groups is 1. The first-order valence-corrected chi connectivity index (χ1v) is 10.1. The van der Waals surface area contributed by atoms with Crippen LogP contribution in [0, 0.1) is 17.2 Å². The van der Waals surface area contributed by atoms with Gasteiger partial charge < -0.3 is 10.4 Å². The molecule has 1 aromatic carbocycles. The molecule has 0 bridgehead atoms. The first-order chi connectivity index (χ1) is 13.2. The average molecular weight is 403 g/mol. The Balaban J connectivity index is 2.35. The summed E-state index contributed by atoms with van der Waals surface area (Å²) in [6, 6.07) is 9.21. The molecule has 2 rings (SSSR count). The van der Waals surface area contributed by atoms with Crippen LogP contribution in [0.5, 0.6) is 0 Å². The average Bonchev–Trinajstić information content (AvgIpc) is 2.67. The van der Waals surface area contributed by atoms with E-state index in [2.05, 4.69) is 16.4 Å². The van der Waals surface area contributed by atoms with Gasteiger partial charge in [-0.2, -0.15) is 5.26 Å². The van der Waals surface area contributed by atoms with Crippen LogP contribution in [0.15, 0.2) is 34.2 Å². The Morgan fingerprint density at radius 1 is 1.39 bits per heavy atom. The number of para-hydroxylation sites is 1. The summed E-state index contributed by atoms with van der Waals surface area (Å²) in [7, 11) is 0. The molecule has 2 N–H and O–H groups in total. The number of thioether (sulfide) groups is 1. The summed E-state index contributed by atoms with van der Waals surface area (Å²) >= 11 is 1.17. The van der Waals surface area contributed by atoms with Crippen LogP contribution in [-0.4, -0.2) is 38.0 Å². The lowest BCUT2D eigenvalue weighted by Crippen LogP contribution is -2.51. The predicted octanol–water partition coefficient (Wildman–Crippen LogP) is 2.31. The Morgan fingerprint density at radius 2 is 2.07 bits per heavy atom. The number of nitrogens with one attached hydrogen (secondary N) is 1. The Labute approximate surface area is 168 Å². The van der Waals surface area contributed by atoms with Gasteiger partial charge in [0.1, 0.15) is 5.54 Å². The van der Waals surface area contributed by atoms with Crippen molar-refractivity contribution in [3.8, 4) is 6.07 Å². The van der Waals surface area contributed by atoms with E-state index in [1.54, 1.807) is 38.1 Å². The normalized spacial score (nSPS) is 14.5. The molecule has 150 valence electrons. The lowest BCUT2D eigenvalue weighted by molar-refractivity contribution is -0.121. The van der Waals surface area contributed by atoms with Gasteiger partial charge in [0.2, 0.25) is 5.91 Å². The molecule has 28 heavy (non-hydrogen) atoms. The van der Waals surface area contributed by atoms with Gasteiger partial charge in [0.25, 0.3) is 5.56 Å². The Morgan fingerprint density at radius 3 is 2.68 bits per heavy atom. The number of carbonyl (C=O) groups excluding carboxylic acids is 1. The number of rotatable bonds is 8. The maximum Gasteiger partial charge on any atom is 0.262 e. The topological polar surface area (TPSA) is 108 Å². The van der Waals surface area contributed by atoms with E-state index < -0.39 is 10.8 Å². The van der Waals surface area contributed by atoms with Crippen LogP contribution in [-0.2, 0) is 11.3 Å². The fourth-order valence-corrected chi connectivity index (χ4v) is 3.47. The minimum absolute atomic E-state index is 0.0473. The SMILES string of the molecule is CC(Sc1nc2ccccc2c(=O)n1CCCO)C(=O)NC(C)(C#N)C(C)C. The highest BCUT2D eigenvalue weighted by atomic mass is 32.2. The lowest BCUT2D eigenvalue weighted by Gasteiger charge is -2.28. The minimum atomic E-state index is -0.973. The van der Waals surface area contributed by atoms with E-state index in [1.165, 1.54) is 16.3 Å². The van der Waals surface area contributed by atoms with Crippen molar-refractivity contribution >= 4 is 28.6 Å². The fraction of sp³-hybridized carbons (Fsp3) is 0.500. The molecule has 2 atom stereocenters. The molecule has 0 fully saturated rings. The van der Waals surface area contributed by atoms with Crippen LogP contribution in [0.1, 0.15) is 34.1 Å². The zero-order chi connectivity index (χ0) is 20.9. The molecule has 0 spiro atoms. The number of benzene rings is 1. The van der Waals surface area contributed by atoms with Gasteiger partial charge in [-0.25, -0.2) is 4.98 Å². The van der Waals surface area contributed by atoms with Crippen molar-refractivity contribution < 1.29 is 9.90 Å². The standard InChI is InChI=1S/C20H26N4O3S/c1-13(2)20(4,12-21)23-17(26)14(3)28-19-22-16-9-6-5-8-15(16)18(27)24(19)10-7-11-25/h5-6,8-9,13-14,25H,7,10-11H2,1-4H3,(H,23,26). The van der Waals surface area contributed by atoms with Crippen molar-refractivity contribution in [2.75, 3.05) is 6.61 Å². The van der Waals surface area contributed by atoms with Gasteiger partial charge in [0.05, 0.1) is 22.2 Å². The number of nitriles is 1. The first kappa shape index (κ1) is 21.9. The molecule has 7 nitrogen and oxygen atoms in total. The van der Waals surface area contributed by atoms with Gasteiger partial charge in [-0.05, 0) is 38.3 Å². The van der Waals surface area contributed by atoms with Crippen molar-refractivity contribution in [3.05, 3.63) is 34.6 Å². The second-order valence-electron chi connectivity index (χ2n) is 7.16. The summed E-state index contributed by atoms with van der Waals surface area (Å²) in [5.41, 5.74) is -0.607. The number of amides is 1. The van der Waals surface area contributed by atoms with Crippen molar-refractivity contribution in [2.24, 2.45) is 5.92 Å². The third-order valence-electron chi connectivity index (χ3n) is 4.79. The van der Waals surface area contributed by atoms with Crippen LogP contribution < -0.4 is 10.9 Å². The second-order valence-corrected chi connectivity index (χ2v) is 8.47. The molecule has 1 amide bonds. The number of hydrogen-bond donors (Lipinski definition) is 2. The number of hydrogen-bond acceptors (Lipinski definition) is 6. The van der Waals surface area contributed by atoms with Crippen LogP contribution in [0.3, 0.4) is 0 Å². The molecule has 0 aliphatic carbocycles. The molecule has 0 radical (unpaired) electrons. The van der Waals surface area contributed by atoms with E-state index in [1.807, 2.05) is 13.8 Å². The number of aliphatic hydroxyl groups excluding tert-OH is 1. The summed E-state index contributed by atoms with van der Waals surface area (Å²) in [6.45, 7) is 7.42. The third kappa shape index (κ3) is 4.72. The van der Waals surface area contributed by atoms with Crippen molar-refractivity contribution in [2.45, 2.75) is 56.6 Å². The predicted molar refractivity (Wildman–Crippen MR) is 110 cm³/mol. The fourth-order valence-electron chi connectivity index (χ4n) is 2.53. The number of aromatic nitrogens is 2. The minimum Gasteiger partial charge on any atom is -0.396 e. The van der Waals surface area contributed by atoms with Crippen LogP contribution in [0.2, 0.25) is 0 Å². The molecule has 0 aliphatic rings. The number of fused-ring (bicyclic) bond motifs is 1. The number of nitrogens with zero attached hydrogens (tertiary/aromatic N) is 3. The van der Waals surface area contributed by atoms with E-state index >= 15 is 0 Å². The smallest absolute Gasteiger partial charge is 0.262 e. The summed E-state index contributed by atoms with van der Waals surface area (Å²) in [6.07, 6.45) is 0.411. The molecular weight excluding hydrogens is 376 g/mol. The zero-order valence-electron chi connectivity index (χ0n) is 16.6. The summed E-state index contributed by atoms with van der Waals surface area (Å²) < 4.78 is 1.50. The molecule has 0 saturated heterocycles. The summed E-state index contributed by atoms with van der Waals surface area (Å²) in [5.74, 6) is -0.348. The summed E-state index contributed by atoms with van der Waals surface area (Å²) in [4.78, 5) is 30.1. The van der Waals surface area contributed by atoms with E-state index in [0.29, 0.717) is 29.0 Å². The van der Waals surface area contributed by atoms with Crippen molar-refractivity contribution in [1.82, 2.24) is 14.9 Å². The quantitative estimate of drug-likeness (QED) is 0.518. The lowest BCUT2D eigenvalue weighted by atomic mass is 9.90. The zero-order valence-corrected chi connectivity index (χ0v) is 17.4. The van der Waals surface area contributed by atoms with Crippen LogP contribution in [0.25, 0.3) is 10.9 Å². The monoisotopic (exact) mass is 402 g/mol. The van der Waals surface area contributed by atoms with Crippen molar-refractivity contribution in [1.29, 1.82) is 5.26 Å². The van der Waals surface area contributed by atoms with Gasteiger partial charge >= 0.3 is 0 Å². The molecule has 0 aliphatic heterocycles. The van der Waals surface area contributed by atoms with Gasteiger partial charge in [0, 0.05) is 13.2 Å². The van der Waals surface area contributed by atoms with E-state index in [-0.39, 0.29) is 24.0 Å². The first-order valence-electron chi connectivity index (χ1n) is 9.24. The maximum atomic E-state index is 12.9. The van der Waals surface area contributed by atoms with E-state index in [0.717, 1.165) is 0 Å². The van der Waals surface area contributed by atoms with Crippen molar-refractivity contribution in [3.63, 3.8) is 0 Å². The molecule has 2 unspecified atom stereocenters. The Bertz CT molecular complexity index is 951. The summed E-state index contributed by atoms with van der Waals surface area (Å²) in [5, 5.41) is 21.7. The molecule has 1 aromatic heterocycles. The van der Waals surface area contributed by atoms with Gasteiger partial charge in [0.15, 0.2) is 5.16 Å². The molecule has 8 heteroatoms. The molecule has 0 saturated carbocycles. The number of carbonyl (C=O) groups is 1. The Hall–Kier alpha value is -2.37. The molecule has 2 aromatic rings. The molecular formula is C20H26N4O3S. The van der Waals surface area contributed by atoms with E-state index in [4.69, 9.17) is 5.11 Å². The van der Waals surface area contributed by atoms with Gasteiger partial charge in [-0.1, -0.05) is 37.7 Å². The Kier molecular flexibility index (Phi) is 7.22. The van der Waals surface area contributed by atoms with Gasteiger partial charge in [-0.15, -0.1) is 0 Å². The second kappa shape index (κ2) is 9.22. The highest BCUT2D eigenvalue weighted by Gasteiger charge is 2.32. The van der Waals surface area contributed by atoms with Crippen LogP contribution in [0.4, 0.5) is 0 Å². The van der Waals surface area contributed by atoms with E-state index in [9.17, 15) is 14.9 Å². The molecule has 1 heterocycles. The maximum absolute atomic E-state index is 12.9. The highest BCUT2D eigenvalue weighted by molar-refractivity contribution is 8.00. The highest BCUT2D eigenvalue weighted by Crippen LogP contribution is 2.24. The van der Waals surface area contributed by atoms with Crippen LogP contribution >= 0.6 is 11.8 Å². The largest absolute Gasteiger partial charge is 0.396 e.